The summed E-state index contributed by atoms with van der Waals surface area (Å²) in [6.45, 7) is 2.20. The third-order valence-electron chi connectivity index (χ3n) is 4.17. The van der Waals surface area contributed by atoms with Crippen LogP contribution in [0.3, 0.4) is 0 Å². The van der Waals surface area contributed by atoms with Gasteiger partial charge in [0.05, 0.1) is 12.1 Å². The first-order valence-corrected chi connectivity index (χ1v) is 8.91. The lowest BCUT2D eigenvalue weighted by atomic mass is 10.2. The fourth-order valence-electron chi connectivity index (χ4n) is 2.72. The number of fused-ring (bicyclic) bond motifs is 1. The summed E-state index contributed by atoms with van der Waals surface area (Å²) in [5.74, 6) is 1.43. The molecule has 4 aromatic rings. The van der Waals surface area contributed by atoms with Crippen LogP contribution >= 0.6 is 0 Å². The highest BCUT2D eigenvalue weighted by Crippen LogP contribution is 2.22. The summed E-state index contributed by atoms with van der Waals surface area (Å²) < 4.78 is 7.11. The van der Waals surface area contributed by atoms with Crippen molar-refractivity contribution in [1.29, 1.82) is 0 Å². The minimum absolute atomic E-state index is 0.207. The summed E-state index contributed by atoms with van der Waals surface area (Å²) in [7, 11) is 0. The number of hydrogen-bond acceptors (Lipinski definition) is 6. The minimum Gasteiger partial charge on any atom is -0.345 e. The van der Waals surface area contributed by atoms with Gasteiger partial charge in [-0.05, 0) is 23.8 Å². The zero-order valence-electron chi connectivity index (χ0n) is 15.2. The second kappa shape index (κ2) is 7.83. The van der Waals surface area contributed by atoms with Gasteiger partial charge in [0, 0.05) is 18.7 Å². The van der Waals surface area contributed by atoms with Crippen LogP contribution in [0.15, 0.2) is 59.3 Å². The molecule has 0 aliphatic carbocycles. The van der Waals surface area contributed by atoms with Gasteiger partial charge in [0.15, 0.2) is 17.3 Å². The van der Waals surface area contributed by atoms with Gasteiger partial charge in [-0.2, -0.15) is 4.98 Å². The first-order chi connectivity index (χ1) is 13.7. The number of nitrogens with one attached hydrogen (secondary N) is 1. The van der Waals surface area contributed by atoms with Crippen LogP contribution in [0.5, 0.6) is 0 Å². The van der Waals surface area contributed by atoms with E-state index in [-0.39, 0.29) is 12.5 Å². The second-order valence-electron chi connectivity index (χ2n) is 6.06. The van der Waals surface area contributed by atoms with Gasteiger partial charge in [0.25, 0.3) is 5.89 Å². The van der Waals surface area contributed by atoms with Gasteiger partial charge in [-0.3, -0.25) is 9.20 Å². The Balaban J connectivity index is 1.50. The lowest BCUT2D eigenvalue weighted by Gasteiger charge is -2.02. The van der Waals surface area contributed by atoms with Crippen LogP contribution in [-0.2, 0) is 17.8 Å². The molecule has 0 saturated carbocycles. The van der Waals surface area contributed by atoms with E-state index in [1.807, 2.05) is 55.6 Å². The molecule has 1 aromatic carbocycles. The zero-order chi connectivity index (χ0) is 19.3. The second-order valence-corrected chi connectivity index (χ2v) is 6.06. The maximum absolute atomic E-state index is 12.1. The van der Waals surface area contributed by atoms with Crippen molar-refractivity contribution in [2.75, 3.05) is 0 Å². The number of rotatable bonds is 6. The number of benzene rings is 1. The van der Waals surface area contributed by atoms with E-state index in [0.717, 1.165) is 5.56 Å². The zero-order valence-corrected chi connectivity index (χ0v) is 15.2. The average Bonchev–Trinajstić information content (AvgIpc) is 3.38. The van der Waals surface area contributed by atoms with E-state index in [0.29, 0.717) is 35.2 Å². The average molecular weight is 374 g/mol. The number of pyridine rings is 1. The molecule has 3 aromatic heterocycles. The van der Waals surface area contributed by atoms with E-state index in [1.54, 1.807) is 10.5 Å². The van der Waals surface area contributed by atoms with Gasteiger partial charge >= 0.3 is 0 Å². The standard InChI is InChI=1S/C20H18N6O2/c1-2-16-22-20(28-25-16)15-9-6-12-26-17(23-24-19(15)26)13-21-18(27)11-10-14-7-4-3-5-8-14/h3-12H,2,13H2,1H3,(H,21,27). The quantitative estimate of drug-likeness (QED) is 0.521. The third-order valence-corrected chi connectivity index (χ3v) is 4.17. The van der Waals surface area contributed by atoms with Crippen LogP contribution in [0.25, 0.3) is 23.2 Å². The summed E-state index contributed by atoms with van der Waals surface area (Å²) in [5, 5.41) is 15.1. The molecule has 140 valence electrons. The molecule has 0 radical (unpaired) electrons. The van der Waals surface area contributed by atoms with E-state index in [1.165, 1.54) is 6.08 Å². The van der Waals surface area contributed by atoms with Crippen LogP contribution in [0, 0.1) is 0 Å². The Kier molecular flexibility index (Phi) is 4.92. The lowest BCUT2D eigenvalue weighted by molar-refractivity contribution is -0.116. The van der Waals surface area contributed by atoms with E-state index < -0.39 is 0 Å². The van der Waals surface area contributed by atoms with Crippen LogP contribution in [0.2, 0.25) is 0 Å². The van der Waals surface area contributed by atoms with Crippen molar-refractivity contribution < 1.29 is 9.32 Å². The SMILES string of the molecule is CCc1noc(-c2cccn3c(CNC(=O)C=Cc4ccccc4)nnc23)n1. The Bertz CT molecular complexity index is 1130. The van der Waals surface area contributed by atoms with Crippen molar-refractivity contribution in [1.82, 2.24) is 30.1 Å². The topological polar surface area (TPSA) is 98.2 Å². The molecule has 0 aliphatic heterocycles. The molecule has 0 saturated heterocycles. The molecule has 0 aliphatic rings. The molecule has 28 heavy (non-hydrogen) atoms. The highest BCUT2D eigenvalue weighted by Gasteiger charge is 2.15. The molecule has 8 nitrogen and oxygen atoms in total. The highest BCUT2D eigenvalue weighted by atomic mass is 16.5. The van der Waals surface area contributed by atoms with Crippen LogP contribution in [0.1, 0.15) is 24.1 Å². The van der Waals surface area contributed by atoms with Crippen molar-refractivity contribution in [2.24, 2.45) is 0 Å². The Morgan fingerprint density at radius 1 is 1.18 bits per heavy atom. The Hall–Kier alpha value is -3.81. The van der Waals surface area contributed by atoms with Crippen molar-refractivity contribution in [3.05, 3.63) is 71.9 Å². The summed E-state index contributed by atoms with van der Waals surface area (Å²) in [6.07, 6.45) is 5.77. The summed E-state index contributed by atoms with van der Waals surface area (Å²) in [5.41, 5.74) is 2.25. The summed E-state index contributed by atoms with van der Waals surface area (Å²) in [4.78, 5) is 16.4. The fourth-order valence-corrected chi connectivity index (χ4v) is 2.72. The molecule has 1 N–H and O–H groups in total. The van der Waals surface area contributed by atoms with Gasteiger partial charge in [0.1, 0.15) is 0 Å². The van der Waals surface area contributed by atoms with E-state index in [2.05, 4.69) is 25.7 Å². The third kappa shape index (κ3) is 3.66. The molecule has 4 rings (SSSR count). The molecule has 0 atom stereocenters. The molecular formula is C20H18N6O2. The molecule has 1 amide bonds. The lowest BCUT2D eigenvalue weighted by Crippen LogP contribution is -2.21. The number of carbonyl (C=O) groups is 1. The van der Waals surface area contributed by atoms with E-state index in [4.69, 9.17) is 4.52 Å². The fraction of sp³-hybridized carbons (Fsp3) is 0.150. The molecule has 3 heterocycles. The number of aromatic nitrogens is 5. The van der Waals surface area contributed by atoms with Crippen molar-refractivity contribution in [3.8, 4) is 11.5 Å². The predicted molar refractivity (Wildman–Crippen MR) is 103 cm³/mol. The van der Waals surface area contributed by atoms with Crippen LogP contribution in [-0.4, -0.2) is 30.6 Å². The number of aryl methyl sites for hydroxylation is 1. The Labute approximate surface area is 160 Å². The van der Waals surface area contributed by atoms with Crippen LogP contribution < -0.4 is 5.32 Å². The maximum Gasteiger partial charge on any atom is 0.261 e. The largest absolute Gasteiger partial charge is 0.345 e. The molecule has 0 bridgehead atoms. The smallest absolute Gasteiger partial charge is 0.261 e. The highest BCUT2D eigenvalue weighted by molar-refractivity contribution is 5.91. The first kappa shape index (κ1) is 17.6. The number of hydrogen-bond donors (Lipinski definition) is 1. The van der Waals surface area contributed by atoms with Gasteiger partial charge in [-0.15, -0.1) is 10.2 Å². The van der Waals surface area contributed by atoms with Gasteiger partial charge in [-0.25, -0.2) is 0 Å². The number of carbonyl (C=O) groups excluding carboxylic acids is 1. The van der Waals surface area contributed by atoms with Crippen molar-refractivity contribution in [3.63, 3.8) is 0 Å². The Morgan fingerprint density at radius 3 is 2.82 bits per heavy atom. The molecule has 0 fully saturated rings. The van der Waals surface area contributed by atoms with Gasteiger partial charge < -0.3 is 9.84 Å². The minimum atomic E-state index is -0.207. The van der Waals surface area contributed by atoms with E-state index >= 15 is 0 Å². The first-order valence-electron chi connectivity index (χ1n) is 8.91. The Morgan fingerprint density at radius 2 is 2.04 bits per heavy atom. The molecular weight excluding hydrogens is 356 g/mol. The molecule has 8 heteroatoms. The normalized spacial score (nSPS) is 11.3. The van der Waals surface area contributed by atoms with Gasteiger partial charge in [0.2, 0.25) is 5.91 Å². The maximum atomic E-state index is 12.1. The van der Waals surface area contributed by atoms with Gasteiger partial charge in [-0.1, -0.05) is 42.4 Å². The monoisotopic (exact) mass is 374 g/mol. The predicted octanol–water partition coefficient (Wildman–Crippen LogP) is 2.67. The molecule has 0 spiro atoms. The molecule has 0 unspecified atom stereocenters. The number of nitrogens with zero attached hydrogens (tertiary/aromatic N) is 5. The summed E-state index contributed by atoms with van der Waals surface area (Å²) >= 11 is 0. The van der Waals surface area contributed by atoms with Crippen molar-refractivity contribution in [2.45, 2.75) is 19.9 Å². The van der Waals surface area contributed by atoms with Crippen molar-refractivity contribution >= 4 is 17.6 Å². The van der Waals surface area contributed by atoms with Crippen LogP contribution in [0.4, 0.5) is 0 Å². The van der Waals surface area contributed by atoms with E-state index in [9.17, 15) is 4.79 Å². The summed E-state index contributed by atoms with van der Waals surface area (Å²) in [6, 6.07) is 13.3. The number of amides is 1.